The topological polar surface area (TPSA) is 52.8 Å². The van der Waals surface area contributed by atoms with Gasteiger partial charge in [0.15, 0.2) is 0 Å². The summed E-state index contributed by atoms with van der Waals surface area (Å²) in [6.45, 7) is 1.95. The number of benzene rings is 2. The minimum absolute atomic E-state index is 0.113. The van der Waals surface area contributed by atoms with Gasteiger partial charge in [0, 0.05) is 14.7 Å². The lowest BCUT2D eigenvalue weighted by atomic mass is 10.00. The summed E-state index contributed by atoms with van der Waals surface area (Å²) in [4.78, 5) is 0. The van der Waals surface area contributed by atoms with Crippen molar-refractivity contribution in [1.82, 2.24) is 0 Å². The van der Waals surface area contributed by atoms with Gasteiger partial charge in [-0.3, -0.25) is 0 Å². The number of hydrogen-bond donors (Lipinski definition) is 2. The minimum Gasteiger partial charge on any atom is -0.507 e. The maximum absolute atomic E-state index is 9.98. The number of hydrogen-bond acceptors (Lipinski definition) is 3. The van der Waals surface area contributed by atoms with Gasteiger partial charge in [0.2, 0.25) is 0 Å². The molecule has 0 radical (unpaired) electrons. The molecule has 0 spiro atoms. The monoisotopic (exact) mass is 353 g/mol. The average Bonchev–Trinajstić information content (AvgIpc) is 2.38. The summed E-state index contributed by atoms with van der Waals surface area (Å²) >= 11 is 2.15. The Morgan fingerprint density at radius 3 is 2.44 bits per heavy atom. The van der Waals surface area contributed by atoms with Gasteiger partial charge in [-0.1, -0.05) is 35.5 Å². The lowest BCUT2D eigenvalue weighted by Crippen LogP contribution is -2.04. The molecule has 0 atom stereocenters. The Labute approximate surface area is 119 Å². The molecule has 0 bridgehead atoms. The van der Waals surface area contributed by atoms with Gasteiger partial charge in [-0.05, 0) is 47.2 Å². The summed E-state index contributed by atoms with van der Waals surface area (Å²) in [5.41, 5.74) is 2.69. The number of phenols is 1. The van der Waals surface area contributed by atoms with E-state index in [9.17, 15) is 10.3 Å². The standard InChI is InChI=1S/C14H12INO2/c1-9-7-11(13(17)8-12(9)15)14(16-18)10-5-3-2-4-6-10/h2-8,17-18H,1H3/b16-14+. The molecule has 0 heterocycles. The van der Waals surface area contributed by atoms with Gasteiger partial charge in [0.25, 0.3) is 0 Å². The maximum atomic E-state index is 9.98. The van der Waals surface area contributed by atoms with E-state index in [0.29, 0.717) is 11.3 Å². The fourth-order valence-electron chi connectivity index (χ4n) is 1.72. The molecule has 2 N–H and O–H groups in total. The number of oxime groups is 1. The summed E-state index contributed by atoms with van der Waals surface area (Å²) in [5.74, 6) is 0.113. The fourth-order valence-corrected chi connectivity index (χ4v) is 2.17. The Hall–Kier alpha value is -1.56. The van der Waals surface area contributed by atoms with Crippen molar-refractivity contribution in [2.75, 3.05) is 0 Å². The van der Waals surface area contributed by atoms with E-state index in [-0.39, 0.29) is 5.75 Å². The summed E-state index contributed by atoms with van der Waals surface area (Å²) in [5, 5.41) is 22.5. The van der Waals surface area contributed by atoms with Crippen LogP contribution in [0, 0.1) is 10.5 Å². The number of aromatic hydroxyl groups is 1. The molecule has 2 rings (SSSR count). The molecule has 18 heavy (non-hydrogen) atoms. The average molecular weight is 353 g/mol. The van der Waals surface area contributed by atoms with Crippen LogP contribution >= 0.6 is 22.6 Å². The van der Waals surface area contributed by atoms with Crippen LogP contribution in [-0.2, 0) is 0 Å². The summed E-state index contributed by atoms with van der Waals surface area (Å²) < 4.78 is 0.971. The lowest BCUT2D eigenvalue weighted by Gasteiger charge is -2.09. The maximum Gasteiger partial charge on any atom is 0.126 e. The van der Waals surface area contributed by atoms with Crippen LogP contribution in [0.2, 0.25) is 0 Å². The molecule has 2 aromatic rings. The van der Waals surface area contributed by atoms with Gasteiger partial charge >= 0.3 is 0 Å². The molecule has 0 aliphatic carbocycles. The molecule has 0 amide bonds. The van der Waals surface area contributed by atoms with Crippen LogP contribution in [0.5, 0.6) is 5.75 Å². The van der Waals surface area contributed by atoms with Gasteiger partial charge in [-0.25, -0.2) is 0 Å². The first kappa shape index (κ1) is 12.9. The van der Waals surface area contributed by atoms with Crippen LogP contribution < -0.4 is 0 Å². The van der Waals surface area contributed by atoms with Crippen molar-refractivity contribution in [3.05, 3.63) is 62.7 Å². The highest BCUT2D eigenvalue weighted by atomic mass is 127. The number of rotatable bonds is 2. The molecule has 0 aliphatic heterocycles. The molecule has 3 nitrogen and oxygen atoms in total. The Balaban J connectivity index is 2.57. The first-order chi connectivity index (χ1) is 8.63. The third kappa shape index (κ3) is 2.48. The van der Waals surface area contributed by atoms with Crippen molar-refractivity contribution < 1.29 is 10.3 Å². The van der Waals surface area contributed by atoms with Gasteiger partial charge in [0.1, 0.15) is 11.5 Å². The SMILES string of the molecule is Cc1cc(/C(=N/O)c2ccccc2)c(O)cc1I. The summed E-state index contributed by atoms with van der Waals surface area (Å²) in [7, 11) is 0. The summed E-state index contributed by atoms with van der Waals surface area (Å²) in [6, 6.07) is 12.8. The lowest BCUT2D eigenvalue weighted by molar-refractivity contribution is 0.319. The van der Waals surface area contributed by atoms with Crippen molar-refractivity contribution in [3.8, 4) is 5.75 Å². The minimum atomic E-state index is 0.113. The third-order valence-electron chi connectivity index (χ3n) is 2.68. The van der Waals surface area contributed by atoms with E-state index in [1.54, 1.807) is 6.07 Å². The molecule has 0 saturated heterocycles. The van der Waals surface area contributed by atoms with E-state index in [1.165, 1.54) is 0 Å². The molecule has 4 heteroatoms. The number of nitrogens with zero attached hydrogens (tertiary/aromatic N) is 1. The second kappa shape index (κ2) is 5.39. The van der Waals surface area contributed by atoms with E-state index < -0.39 is 0 Å². The third-order valence-corrected chi connectivity index (χ3v) is 3.84. The van der Waals surface area contributed by atoms with Gasteiger partial charge in [0.05, 0.1) is 0 Å². The molecule has 0 fully saturated rings. The highest BCUT2D eigenvalue weighted by Crippen LogP contribution is 2.26. The van der Waals surface area contributed by atoms with E-state index >= 15 is 0 Å². The van der Waals surface area contributed by atoms with Gasteiger partial charge in [-0.2, -0.15) is 0 Å². The van der Waals surface area contributed by atoms with Crippen LogP contribution in [0.1, 0.15) is 16.7 Å². The number of phenolic OH excluding ortho intramolecular Hbond substituents is 1. The van der Waals surface area contributed by atoms with Crippen LogP contribution in [-0.4, -0.2) is 16.0 Å². The van der Waals surface area contributed by atoms with Crippen LogP contribution in [0.25, 0.3) is 0 Å². The molecule has 92 valence electrons. The second-order valence-corrected chi connectivity index (χ2v) is 5.10. The largest absolute Gasteiger partial charge is 0.507 e. The molecule has 0 aliphatic rings. The van der Waals surface area contributed by atoms with Crippen molar-refractivity contribution in [3.63, 3.8) is 0 Å². The molecule has 0 aromatic heterocycles. The van der Waals surface area contributed by atoms with E-state index in [1.807, 2.05) is 43.3 Å². The summed E-state index contributed by atoms with van der Waals surface area (Å²) in [6.07, 6.45) is 0. The first-order valence-electron chi connectivity index (χ1n) is 5.40. The number of aryl methyl sites for hydroxylation is 1. The highest BCUT2D eigenvalue weighted by molar-refractivity contribution is 14.1. The van der Waals surface area contributed by atoms with Crippen LogP contribution in [0.15, 0.2) is 47.6 Å². The molecule has 0 unspecified atom stereocenters. The Bertz CT molecular complexity index is 594. The fraction of sp³-hybridized carbons (Fsp3) is 0.0714. The molecular weight excluding hydrogens is 341 g/mol. The molecular formula is C14H12INO2. The Morgan fingerprint density at radius 1 is 1.17 bits per heavy atom. The van der Waals surface area contributed by atoms with Crippen molar-refractivity contribution in [2.45, 2.75) is 6.92 Å². The Kier molecular flexibility index (Phi) is 3.86. The smallest absolute Gasteiger partial charge is 0.126 e. The van der Waals surface area contributed by atoms with Crippen molar-refractivity contribution in [1.29, 1.82) is 0 Å². The molecule has 0 saturated carbocycles. The number of halogens is 1. The van der Waals surface area contributed by atoms with Crippen molar-refractivity contribution >= 4 is 28.3 Å². The van der Waals surface area contributed by atoms with Crippen LogP contribution in [0.4, 0.5) is 0 Å². The van der Waals surface area contributed by atoms with Gasteiger partial charge < -0.3 is 10.3 Å². The quantitative estimate of drug-likeness (QED) is 0.376. The predicted molar refractivity (Wildman–Crippen MR) is 79.4 cm³/mol. The highest BCUT2D eigenvalue weighted by Gasteiger charge is 2.13. The zero-order valence-electron chi connectivity index (χ0n) is 9.76. The second-order valence-electron chi connectivity index (χ2n) is 3.93. The van der Waals surface area contributed by atoms with Crippen molar-refractivity contribution in [2.24, 2.45) is 5.16 Å². The molecule has 2 aromatic carbocycles. The first-order valence-corrected chi connectivity index (χ1v) is 6.48. The van der Waals surface area contributed by atoms with Gasteiger partial charge in [-0.15, -0.1) is 0 Å². The van der Waals surface area contributed by atoms with E-state index in [0.717, 1.165) is 14.7 Å². The van der Waals surface area contributed by atoms with Crippen LogP contribution in [0.3, 0.4) is 0 Å². The zero-order valence-corrected chi connectivity index (χ0v) is 11.9. The predicted octanol–water partition coefficient (Wildman–Crippen LogP) is 3.53. The Morgan fingerprint density at radius 2 is 1.83 bits per heavy atom. The van der Waals surface area contributed by atoms with E-state index in [4.69, 9.17) is 0 Å². The normalized spacial score (nSPS) is 11.6. The van der Waals surface area contributed by atoms with E-state index in [2.05, 4.69) is 27.7 Å². The zero-order chi connectivity index (χ0) is 13.1.